The first-order chi connectivity index (χ1) is 14.1. The lowest BCUT2D eigenvalue weighted by molar-refractivity contribution is 0.0954. The van der Waals surface area contributed by atoms with E-state index in [1.54, 1.807) is 30.5 Å². The maximum absolute atomic E-state index is 12.4. The molecular formula is C22H25BrN2O4. The Morgan fingerprint density at radius 3 is 2.59 bits per heavy atom. The average molecular weight is 461 g/mol. The van der Waals surface area contributed by atoms with Crippen molar-refractivity contribution in [1.82, 2.24) is 5.43 Å². The largest absolute Gasteiger partial charge is 0.492 e. The van der Waals surface area contributed by atoms with Gasteiger partial charge in [-0.1, -0.05) is 19.6 Å². The van der Waals surface area contributed by atoms with Crippen molar-refractivity contribution in [2.24, 2.45) is 5.10 Å². The SMILES string of the molecule is C=CCOc1ccc(C(=O)N/N=C/c2ccc(OCCC)c(Br)c2)cc1OCC. The topological polar surface area (TPSA) is 69.2 Å². The molecule has 7 heteroatoms. The Morgan fingerprint density at radius 2 is 1.90 bits per heavy atom. The highest BCUT2D eigenvalue weighted by molar-refractivity contribution is 9.10. The molecule has 0 heterocycles. The lowest BCUT2D eigenvalue weighted by Gasteiger charge is -2.12. The van der Waals surface area contributed by atoms with Crippen molar-refractivity contribution in [2.45, 2.75) is 20.3 Å². The molecule has 0 saturated carbocycles. The molecule has 0 unspecified atom stereocenters. The molecule has 1 amide bonds. The molecule has 0 radical (unpaired) electrons. The van der Waals surface area contributed by atoms with E-state index in [-0.39, 0.29) is 5.91 Å². The van der Waals surface area contributed by atoms with Crippen LogP contribution < -0.4 is 19.6 Å². The van der Waals surface area contributed by atoms with Crippen molar-refractivity contribution < 1.29 is 19.0 Å². The Labute approximate surface area is 179 Å². The van der Waals surface area contributed by atoms with Gasteiger partial charge in [-0.05, 0) is 71.2 Å². The van der Waals surface area contributed by atoms with Crippen molar-refractivity contribution in [3.63, 3.8) is 0 Å². The van der Waals surface area contributed by atoms with Crippen LogP contribution in [0.4, 0.5) is 0 Å². The fourth-order valence-electron chi connectivity index (χ4n) is 2.34. The number of nitrogens with one attached hydrogen (secondary N) is 1. The van der Waals surface area contributed by atoms with Gasteiger partial charge in [0, 0.05) is 5.56 Å². The zero-order valence-corrected chi connectivity index (χ0v) is 18.2. The van der Waals surface area contributed by atoms with E-state index < -0.39 is 0 Å². The van der Waals surface area contributed by atoms with Gasteiger partial charge in [0.25, 0.3) is 5.91 Å². The number of hydrogen-bond donors (Lipinski definition) is 1. The Kier molecular flexibility index (Phi) is 9.24. The number of carbonyl (C=O) groups is 1. The van der Waals surface area contributed by atoms with Crippen LogP contribution >= 0.6 is 15.9 Å². The van der Waals surface area contributed by atoms with E-state index in [0.29, 0.717) is 36.9 Å². The molecule has 2 aromatic carbocycles. The molecule has 6 nitrogen and oxygen atoms in total. The molecule has 0 atom stereocenters. The summed E-state index contributed by atoms with van der Waals surface area (Å²) in [5.41, 5.74) is 3.76. The summed E-state index contributed by atoms with van der Waals surface area (Å²) in [6.45, 7) is 9.01. The third-order valence-corrected chi connectivity index (χ3v) is 4.28. The Morgan fingerprint density at radius 1 is 1.10 bits per heavy atom. The maximum Gasteiger partial charge on any atom is 0.271 e. The molecule has 154 valence electrons. The Hall–Kier alpha value is -2.80. The number of ether oxygens (including phenoxy) is 3. The quantitative estimate of drug-likeness (QED) is 0.292. The highest BCUT2D eigenvalue weighted by atomic mass is 79.9. The number of hydrogen-bond acceptors (Lipinski definition) is 5. The molecule has 0 aliphatic heterocycles. The van der Waals surface area contributed by atoms with Crippen LogP contribution in [0.25, 0.3) is 0 Å². The van der Waals surface area contributed by atoms with E-state index in [4.69, 9.17) is 14.2 Å². The second-order valence-corrected chi connectivity index (χ2v) is 6.79. The predicted molar refractivity (Wildman–Crippen MR) is 118 cm³/mol. The number of nitrogens with zero attached hydrogens (tertiary/aromatic N) is 1. The van der Waals surface area contributed by atoms with Gasteiger partial charge in [0.05, 0.1) is 23.9 Å². The third-order valence-electron chi connectivity index (χ3n) is 3.66. The lowest BCUT2D eigenvalue weighted by Crippen LogP contribution is -2.17. The monoisotopic (exact) mass is 460 g/mol. The van der Waals surface area contributed by atoms with Gasteiger partial charge in [0.2, 0.25) is 0 Å². The molecule has 2 aromatic rings. The molecule has 1 N–H and O–H groups in total. The van der Waals surface area contributed by atoms with Crippen LogP contribution in [0.15, 0.2) is 58.6 Å². The molecule has 29 heavy (non-hydrogen) atoms. The first kappa shape index (κ1) is 22.5. The number of rotatable bonds is 11. The molecule has 0 fully saturated rings. The van der Waals surface area contributed by atoms with E-state index in [0.717, 1.165) is 22.2 Å². The molecule has 0 aliphatic rings. The number of carbonyl (C=O) groups excluding carboxylic acids is 1. The summed E-state index contributed by atoms with van der Waals surface area (Å²) in [5.74, 6) is 1.48. The Balaban J connectivity index is 2.03. The van der Waals surface area contributed by atoms with Crippen molar-refractivity contribution >= 4 is 28.1 Å². The predicted octanol–water partition coefficient (Wildman–Crippen LogP) is 4.97. The normalized spacial score (nSPS) is 10.6. The number of benzene rings is 2. The maximum atomic E-state index is 12.4. The smallest absolute Gasteiger partial charge is 0.271 e. The lowest BCUT2D eigenvalue weighted by atomic mass is 10.2. The van der Waals surface area contributed by atoms with Gasteiger partial charge in [-0.25, -0.2) is 5.43 Å². The number of amides is 1. The standard InChI is InChI=1S/C22H25BrN2O4/c1-4-11-28-19-9-7-16(13-18(19)23)15-24-25-22(26)17-8-10-20(29-12-5-2)21(14-17)27-6-3/h5,7-10,13-15H,2,4,6,11-12H2,1,3H3,(H,25,26)/b24-15+. The van der Waals surface area contributed by atoms with Crippen molar-refractivity contribution in [3.05, 3.63) is 64.7 Å². The second kappa shape index (κ2) is 11.9. The van der Waals surface area contributed by atoms with Gasteiger partial charge in [0.15, 0.2) is 11.5 Å². The number of halogens is 1. The summed E-state index contributed by atoms with van der Waals surface area (Å²) in [7, 11) is 0. The van der Waals surface area contributed by atoms with E-state index in [2.05, 4.69) is 40.0 Å². The van der Waals surface area contributed by atoms with Gasteiger partial charge in [-0.15, -0.1) is 0 Å². The first-order valence-electron chi connectivity index (χ1n) is 9.35. The summed E-state index contributed by atoms with van der Waals surface area (Å²) in [5, 5.41) is 4.03. The van der Waals surface area contributed by atoms with E-state index in [1.807, 2.05) is 25.1 Å². The minimum absolute atomic E-state index is 0.348. The van der Waals surface area contributed by atoms with Crippen LogP contribution in [-0.2, 0) is 0 Å². The first-order valence-corrected chi connectivity index (χ1v) is 10.1. The van der Waals surface area contributed by atoms with Crippen molar-refractivity contribution in [1.29, 1.82) is 0 Å². The van der Waals surface area contributed by atoms with Crippen LogP contribution in [0.5, 0.6) is 17.2 Å². The fourth-order valence-corrected chi connectivity index (χ4v) is 2.85. The molecular weight excluding hydrogens is 436 g/mol. The van der Waals surface area contributed by atoms with E-state index in [1.165, 1.54) is 0 Å². The van der Waals surface area contributed by atoms with Gasteiger partial charge in [0.1, 0.15) is 12.4 Å². The van der Waals surface area contributed by atoms with E-state index in [9.17, 15) is 4.79 Å². The van der Waals surface area contributed by atoms with Crippen molar-refractivity contribution in [3.8, 4) is 17.2 Å². The average Bonchev–Trinajstić information content (AvgIpc) is 2.72. The van der Waals surface area contributed by atoms with Crippen LogP contribution in [0.1, 0.15) is 36.2 Å². The van der Waals surface area contributed by atoms with Crippen LogP contribution in [0.3, 0.4) is 0 Å². The molecule has 0 spiro atoms. The highest BCUT2D eigenvalue weighted by Crippen LogP contribution is 2.28. The summed E-state index contributed by atoms with van der Waals surface area (Å²) in [6, 6.07) is 10.6. The van der Waals surface area contributed by atoms with Crippen LogP contribution in [0, 0.1) is 0 Å². The molecule has 0 bridgehead atoms. The molecule has 0 saturated heterocycles. The van der Waals surface area contributed by atoms with Gasteiger partial charge >= 0.3 is 0 Å². The summed E-state index contributed by atoms with van der Waals surface area (Å²) >= 11 is 3.48. The highest BCUT2D eigenvalue weighted by Gasteiger charge is 2.11. The van der Waals surface area contributed by atoms with Gasteiger partial charge < -0.3 is 14.2 Å². The minimum Gasteiger partial charge on any atom is -0.492 e. The zero-order valence-electron chi connectivity index (χ0n) is 16.6. The summed E-state index contributed by atoms with van der Waals surface area (Å²) in [4.78, 5) is 12.4. The third kappa shape index (κ3) is 6.94. The molecule has 0 aromatic heterocycles. The summed E-state index contributed by atoms with van der Waals surface area (Å²) < 4.78 is 17.5. The van der Waals surface area contributed by atoms with Crippen LogP contribution in [-0.4, -0.2) is 31.9 Å². The second-order valence-electron chi connectivity index (χ2n) is 5.93. The van der Waals surface area contributed by atoms with Gasteiger partial charge in [-0.2, -0.15) is 5.10 Å². The van der Waals surface area contributed by atoms with Crippen LogP contribution in [0.2, 0.25) is 0 Å². The molecule has 0 aliphatic carbocycles. The van der Waals surface area contributed by atoms with Crippen molar-refractivity contribution in [2.75, 3.05) is 19.8 Å². The molecule has 2 rings (SSSR count). The summed E-state index contributed by atoms with van der Waals surface area (Å²) in [6.07, 6.45) is 4.15. The zero-order chi connectivity index (χ0) is 21.1. The van der Waals surface area contributed by atoms with E-state index >= 15 is 0 Å². The fraction of sp³-hybridized carbons (Fsp3) is 0.273. The minimum atomic E-state index is -0.348. The van der Waals surface area contributed by atoms with Gasteiger partial charge in [-0.3, -0.25) is 4.79 Å². The Bertz CT molecular complexity index is 868. The number of hydrazone groups is 1.